The van der Waals surface area contributed by atoms with Gasteiger partial charge in [-0.3, -0.25) is 0 Å². The Morgan fingerprint density at radius 3 is 2.08 bits per heavy atom. The van der Waals surface area contributed by atoms with Crippen molar-refractivity contribution in [3.8, 4) is 0 Å². The molecule has 0 saturated heterocycles. The second kappa shape index (κ2) is 11.0. The summed E-state index contributed by atoms with van der Waals surface area (Å²) in [4.78, 5) is 0. The van der Waals surface area contributed by atoms with Crippen LogP contribution in [0.1, 0.15) is 38.5 Å². The largest absolute Gasteiger partial charge is 0.516 e. The van der Waals surface area contributed by atoms with Gasteiger partial charge in [-0.1, -0.05) is 43.7 Å². The molecule has 0 aliphatic heterocycles. The van der Waals surface area contributed by atoms with Gasteiger partial charge in [0.25, 0.3) is 0 Å². The highest BCUT2D eigenvalue weighted by Gasteiger charge is 1.86. The molecule has 0 fully saturated rings. The number of rotatable bonds is 8. The maximum atomic E-state index is 8.37. The Morgan fingerprint density at radius 2 is 1.54 bits per heavy atom. The molecule has 0 amide bonds. The molecule has 0 heterocycles. The Bertz CT molecular complexity index is 157. The minimum atomic E-state index is 0.999. The molecule has 1 heteroatoms. The lowest BCUT2D eigenvalue weighted by Crippen LogP contribution is -1.76. The third-order valence-corrected chi connectivity index (χ3v) is 1.87. The van der Waals surface area contributed by atoms with E-state index in [1.165, 1.54) is 25.7 Å². The standard InChI is InChI=1S/C12H20O/c1-2-3-4-5-6-7-8-9-10-11-12-13/h2-4,11-13H,1,5-10H2. The molecule has 0 unspecified atom stereocenters. The second-order valence-electron chi connectivity index (χ2n) is 3.04. The Balaban J connectivity index is 2.99. The molecule has 74 valence electrons. The molecular weight excluding hydrogens is 160 g/mol. The highest BCUT2D eigenvalue weighted by atomic mass is 16.2. The summed E-state index contributed by atoms with van der Waals surface area (Å²) in [5.74, 6) is 0. The maximum Gasteiger partial charge on any atom is 0.0751 e. The van der Waals surface area contributed by atoms with Gasteiger partial charge in [-0.05, 0) is 25.7 Å². The number of allylic oxidation sites excluding steroid dienone is 4. The SMILES string of the molecule is C=CC=CCCCCCCC=CO. The molecule has 0 rings (SSSR count). The van der Waals surface area contributed by atoms with Crippen LogP contribution in [-0.4, -0.2) is 5.11 Å². The fraction of sp³-hybridized carbons (Fsp3) is 0.500. The highest BCUT2D eigenvalue weighted by Crippen LogP contribution is 2.06. The van der Waals surface area contributed by atoms with Gasteiger partial charge in [-0.25, -0.2) is 0 Å². The minimum absolute atomic E-state index is 0.999. The third kappa shape index (κ3) is 11.0. The van der Waals surface area contributed by atoms with Crippen LogP contribution in [0.5, 0.6) is 0 Å². The van der Waals surface area contributed by atoms with E-state index in [-0.39, 0.29) is 0 Å². The van der Waals surface area contributed by atoms with E-state index < -0.39 is 0 Å². The molecule has 1 N–H and O–H groups in total. The lowest BCUT2D eigenvalue weighted by atomic mass is 10.1. The van der Waals surface area contributed by atoms with E-state index in [0.717, 1.165) is 19.1 Å². The van der Waals surface area contributed by atoms with E-state index in [2.05, 4.69) is 12.7 Å². The summed E-state index contributed by atoms with van der Waals surface area (Å²) in [5.41, 5.74) is 0. The zero-order chi connectivity index (χ0) is 9.78. The van der Waals surface area contributed by atoms with E-state index in [4.69, 9.17) is 5.11 Å². The van der Waals surface area contributed by atoms with Crippen molar-refractivity contribution in [2.45, 2.75) is 38.5 Å². The number of unbranched alkanes of at least 4 members (excludes halogenated alkanes) is 5. The van der Waals surface area contributed by atoms with Crippen LogP contribution in [0.4, 0.5) is 0 Å². The first kappa shape index (κ1) is 12.0. The fourth-order valence-electron chi connectivity index (χ4n) is 1.14. The quantitative estimate of drug-likeness (QED) is 0.338. The molecule has 0 atom stereocenters. The molecule has 0 aromatic rings. The van der Waals surface area contributed by atoms with Crippen molar-refractivity contribution >= 4 is 0 Å². The lowest BCUT2D eigenvalue weighted by Gasteiger charge is -1.95. The van der Waals surface area contributed by atoms with Gasteiger partial charge in [0, 0.05) is 0 Å². The maximum absolute atomic E-state index is 8.37. The van der Waals surface area contributed by atoms with E-state index in [1.54, 1.807) is 6.08 Å². The van der Waals surface area contributed by atoms with Gasteiger partial charge in [0.2, 0.25) is 0 Å². The van der Waals surface area contributed by atoms with Crippen molar-refractivity contribution in [3.63, 3.8) is 0 Å². The van der Waals surface area contributed by atoms with Gasteiger partial charge in [0.1, 0.15) is 0 Å². The summed E-state index contributed by atoms with van der Waals surface area (Å²) in [6, 6.07) is 0. The molecule has 0 spiro atoms. The number of aliphatic hydroxyl groups is 1. The van der Waals surface area contributed by atoms with Crippen LogP contribution in [-0.2, 0) is 0 Å². The van der Waals surface area contributed by atoms with Crippen molar-refractivity contribution < 1.29 is 5.11 Å². The predicted molar refractivity (Wildman–Crippen MR) is 58.8 cm³/mol. The summed E-state index contributed by atoms with van der Waals surface area (Å²) in [6.07, 6.45) is 16.0. The summed E-state index contributed by atoms with van der Waals surface area (Å²) in [6.45, 7) is 3.61. The average molecular weight is 180 g/mol. The monoisotopic (exact) mass is 180 g/mol. The lowest BCUT2D eigenvalue weighted by molar-refractivity contribution is 0.469. The summed E-state index contributed by atoms with van der Waals surface area (Å²) in [7, 11) is 0. The van der Waals surface area contributed by atoms with Gasteiger partial charge >= 0.3 is 0 Å². The van der Waals surface area contributed by atoms with Gasteiger partial charge < -0.3 is 5.11 Å². The number of hydrogen-bond acceptors (Lipinski definition) is 1. The fourth-order valence-corrected chi connectivity index (χ4v) is 1.14. The number of aliphatic hydroxyl groups excluding tert-OH is 1. The van der Waals surface area contributed by atoms with Crippen molar-refractivity contribution in [2.75, 3.05) is 0 Å². The Labute approximate surface area is 81.5 Å². The smallest absolute Gasteiger partial charge is 0.0751 e. The van der Waals surface area contributed by atoms with Crippen LogP contribution in [0, 0.1) is 0 Å². The molecule has 0 aromatic carbocycles. The zero-order valence-electron chi connectivity index (χ0n) is 8.28. The summed E-state index contributed by atoms with van der Waals surface area (Å²) < 4.78 is 0. The van der Waals surface area contributed by atoms with Crippen molar-refractivity contribution in [2.24, 2.45) is 0 Å². The van der Waals surface area contributed by atoms with Gasteiger partial charge in [-0.15, -0.1) is 0 Å². The third-order valence-electron chi connectivity index (χ3n) is 1.87. The molecule has 0 aliphatic rings. The molecular formula is C12H20O. The highest BCUT2D eigenvalue weighted by molar-refractivity contribution is 4.96. The van der Waals surface area contributed by atoms with Crippen LogP contribution < -0.4 is 0 Å². The van der Waals surface area contributed by atoms with Gasteiger partial charge in [0.15, 0.2) is 0 Å². The van der Waals surface area contributed by atoms with Crippen LogP contribution in [0.25, 0.3) is 0 Å². The van der Waals surface area contributed by atoms with Crippen LogP contribution >= 0.6 is 0 Å². The van der Waals surface area contributed by atoms with Gasteiger partial charge in [0.05, 0.1) is 6.26 Å². The average Bonchev–Trinajstić information content (AvgIpc) is 2.16. The second-order valence-corrected chi connectivity index (χ2v) is 3.04. The van der Waals surface area contributed by atoms with Crippen molar-refractivity contribution in [1.82, 2.24) is 0 Å². The summed E-state index contributed by atoms with van der Waals surface area (Å²) >= 11 is 0. The Hall–Kier alpha value is -0.980. The molecule has 0 aliphatic carbocycles. The van der Waals surface area contributed by atoms with E-state index in [0.29, 0.717) is 0 Å². The van der Waals surface area contributed by atoms with Crippen molar-refractivity contribution in [3.05, 3.63) is 37.1 Å². The normalized spacial score (nSPS) is 11.4. The predicted octanol–water partition coefficient (Wildman–Crippen LogP) is 4.14. The van der Waals surface area contributed by atoms with Crippen LogP contribution in [0.2, 0.25) is 0 Å². The molecule has 0 radical (unpaired) electrons. The minimum Gasteiger partial charge on any atom is -0.516 e. The molecule has 13 heavy (non-hydrogen) atoms. The number of hydrogen-bond donors (Lipinski definition) is 1. The summed E-state index contributed by atoms with van der Waals surface area (Å²) in [5, 5.41) is 8.37. The first-order valence-corrected chi connectivity index (χ1v) is 4.98. The van der Waals surface area contributed by atoms with Crippen LogP contribution in [0.15, 0.2) is 37.1 Å². The topological polar surface area (TPSA) is 20.2 Å². The molecule has 0 saturated carbocycles. The molecule has 0 bridgehead atoms. The van der Waals surface area contributed by atoms with E-state index in [9.17, 15) is 0 Å². The molecule has 0 aromatic heterocycles. The van der Waals surface area contributed by atoms with Crippen LogP contribution in [0.3, 0.4) is 0 Å². The van der Waals surface area contributed by atoms with E-state index in [1.807, 2.05) is 12.2 Å². The Morgan fingerprint density at radius 1 is 0.923 bits per heavy atom. The van der Waals surface area contributed by atoms with E-state index >= 15 is 0 Å². The first-order valence-electron chi connectivity index (χ1n) is 4.98. The van der Waals surface area contributed by atoms with Crippen molar-refractivity contribution in [1.29, 1.82) is 0 Å². The zero-order valence-corrected chi connectivity index (χ0v) is 8.28. The van der Waals surface area contributed by atoms with Gasteiger partial charge in [-0.2, -0.15) is 0 Å². The Kier molecular flexibility index (Phi) is 10.2. The molecule has 1 nitrogen and oxygen atoms in total. The first-order chi connectivity index (χ1) is 6.41.